The van der Waals surface area contributed by atoms with E-state index in [1.165, 1.54) is 4.57 Å². The topological polar surface area (TPSA) is 56.7 Å². The Morgan fingerprint density at radius 2 is 1.06 bits per heavy atom. The van der Waals surface area contributed by atoms with Gasteiger partial charge in [0.2, 0.25) is 0 Å². The highest BCUT2D eigenvalue weighted by atomic mass is 16.3. The van der Waals surface area contributed by atoms with Gasteiger partial charge in [-0.2, -0.15) is 0 Å². The molecule has 0 N–H and O–H groups in total. The second-order valence-corrected chi connectivity index (χ2v) is 12.9. The first-order valence-electron chi connectivity index (χ1n) is 22.3. The van der Waals surface area contributed by atoms with Gasteiger partial charge in [-0.1, -0.05) is 145 Å². The smallest absolute Gasteiger partial charge is 0.164 e. The molecular formula is C49H30N4O. The van der Waals surface area contributed by atoms with Gasteiger partial charge in [-0.05, 0) is 52.2 Å². The van der Waals surface area contributed by atoms with E-state index in [9.17, 15) is 4.11 Å². The van der Waals surface area contributed by atoms with Gasteiger partial charge in [-0.15, -0.1) is 0 Å². The first kappa shape index (κ1) is 21.9. The molecule has 252 valence electrons. The molecule has 0 spiro atoms. The largest absolute Gasteiger partial charge is 0.456 e. The Hall–Kier alpha value is -7.37. The monoisotopic (exact) mass is 700 g/mol. The van der Waals surface area contributed by atoms with E-state index in [1.54, 1.807) is 12.1 Å². The van der Waals surface area contributed by atoms with Gasteiger partial charge in [0.15, 0.2) is 17.5 Å². The van der Waals surface area contributed by atoms with Crippen LogP contribution in [-0.4, -0.2) is 19.5 Å². The summed E-state index contributed by atoms with van der Waals surface area (Å²) in [7, 11) is 0. The van der Waals surface area contributed by atoms with Gasteiger partial charge >= 0.3 is 0 Å². The summed E-state index contributed by atoms with van der Waals surface area (Å²) in [4.78, 5) is 15.1. The number of hydrogen-bond donors (Lipinski definition) is 0. The quantitative estimate of drug-likeness (QED) is 0.179. The lowest BCUT2D eigenvalue weighted by atomic mass is 10.0. The summed E-state index contributed by atoms with van der Waals surface area (Å²) in [5, 5.41) is 0.795. The van der Waals surface area contributed by atoms with Crippen molar-refractivity contribution in [3.63, 3.8) is 0 Å². The molecule has 11 rings (SSSR count). The maximum absolute atomic E-state index is 9.67. The fourth-order valence-electron chi connectivity index (χ4n) is 7.17. The summed E-state index contributed by atoms with van der Waals surface area (Å²) in [6.45, 7) is 0. The Morgan fingerprint density at radius 1 is 0.463 bits per heavy atom. The predicted molar refractivity (Wildman–Crippen MR) is 221 cm³/mol. The molecule has 3 heterocycles. The van der Waals surface area contributed by atoms with Gasteiger partial charge < -0.3 is 8.98 Å². The molecule has 0 aliphatic heterocycles. The van der Waals surface area contributed by atoms with Gasteiger partial charge in [0.05, 0.1) is 30.4 Å². The number of benzene rings is 8. The molecule has 0 aliphatic carbocycles. The van der Waals surface area contributed by atoms with Gasteiger partial charge in [0.1, 0.15) is 11.2 Å². The summed E-state index contributed by atoms with van der Waals surface area (Å²) < 4.78 is 97.6. The summed E-state index contributed by atoms with van der Waals surface area (Å²) in [6, 6.07) is 33.3. The van der Waals surface area contributed by atoms with E-state index in [4.69, 9.17) is 29.0 Å². The molecule has 0 fully saturated rings. The Balaban J connectivity index is 1.27. The molecule has 0 saturated heterocycles. The zero-order chi connectivity index (χ0) is 44.3. The average Bonchev–Trinajstić information content (AvgIpc) is 3.90. The Bertz CT molecular complexity index is 3780. The molecule has 0 unspecified atom stereocenters. The Labute approximate surface area is 324 Å². The Kier molecular flexibility index (Phi) is 4.90. The van der Waals surface area contributed by atoms with Crippen LogP contribution in [0, 0.1) is 0 Å². The second-order valence-electron chi connectivity index (χ2n) is 12.9. The Morgan fingerprint density at radius 3 is 1.83 bits per heavy atom. The normalized spacial score (nSPS) is 14.3. The summed E-state index contributed by atoms with van der Waals surface area (Å²) in [5.74, 6) is 1.02. The number of hydrogen-bond acceptors (Lipinski definition) is 4. The summed E-state index contributed by atoms with van der Waals surface area (Å²) in [5.41, 5.74) is 5.05. The van der Waals surface area contributed by atoms with E-state index < -0.39 is 54.4 Å². The summed E-state index contributed by atoms with van der Waals surface area (Å²) in [6.07, 6.45) is 0. The molecule has 0 atom stereocenters. The van der Waals surface area contributed by atoms with Crippen molar-refractivity contribution in [3.05, 3.63) is 182 Å². The van der Waals surface area contributed by atoms with Crippen LogP contribution in [-0.2, 0) is 0 Å². The molecule has 5 heteroatoms. The van der Waals surface area contributed by atoms with Crippen LogP contribution in [0.5, 0.6) is 0 Å². The van der Waals surface area contributed by atoms with E-state index in [0.29, 0.717) is 33.8 Å². The lowest BCUT2D eigenvalue weighted by molar-refractivity contribution is 0.668. The first-order chi connectivity index (χ1) is 30.9. The second kappa shape index (κ2) is 12.1. The fourth-order valence-corrected chi connectivity index (χ4v) is 7.17. The third kappa shape index (κ3) is 4.90. The van der Waals surface area contributed by atoms with Crippen LogP contribution in [0.3, 0.4) is 0 Å². The zero-order valence-corrected chi connectivity index (χ0v) is 28.2. The molecular weight excluding hydrogens is 661 g/mol. The number of nitrogens with zero attached hydrogens (tertiary/aromatic N) is 4. The highest BCUT2D eigenvalue weighted by Crippen LogP contribution is 2.41. The predicted octanol–water partition coefficient (Wildman–Crippen LogP) is 12.7. The van der Waals surface area contributed by atoms with Crippen LogP contribution in [0.4, 0.5) is 0 Å². The third-order valence-corrected chi connectivity index (χ3v) is 9.66. The number of para-hydroxylation sites is 2. The van der Waals surface area contributed by atoms with Crippen LogP contribution >= 0.6 is 0 Å². The molecule has 0 saturated carbocycles. The highest BCUT2D eigenvalue weighted by Gasteiger charge is 2.22. The van der Waals surface area contributed by atoms with Crippen LogP contribution in [0.1, 0.15) is 13.7 Å². The molecule has 0 bridgehead atoms. The van der Waals surface area contributed by atoms with Crippen molar-refractivity contribution in [1.29, 1.82) is 0 Å². The molecule has 8 aromatic carbocycles. The lowest BCUT2D eigenvalue weighted by Gasteiger charge is -2.13. The minimum Gasteiger partial charge on any atom is -0.456 e. The van der Waals surface area contributed by atoms with Crippen molar-refractivity contribution in [2.45, 2.75) is 0 Å². The summed E-state index contributed by atoms with van der Waals surface area (Å²) >= 11 is 0. The van der Waals surface area contributed by atoms with E-state index in [-0.39, 0.29) is 50.1 Å². The van der Waals surface area contributed by atoms with Crippen LogP contribution in [0.15, 0.2) is 186 Å². The number of aromatic nitrogens is 4. The van der Waals surface area contributed by atoms with Crippen molar-refractivity contribution in [3.8, 4) is 51.0 Å². The van der Waals surface area contributed by atoms with E-state index in [2.05, 4.69) is 0 Å². The van der Waals surface area contributed by atoms with Crippen molar-refractivity contribution < 1.29 is 18.1 Å². The molecule has 0 amide bonds. The fraction of sp³-hybridized carbons (Fsp3) is 0. The minimum absolute atomic E-state index is 0.0502. The lowest BCUT2D eigenvalue weighted by Crippen LogP contribution is -2.01. The molecule has 0 aliphatic rings. The van der Waals surface area contributed by atoms with E-state index in [1.807, 2.05) is 109 Å². The van der Waals surface area contributed by atoms with Crippen LogP contribution < -0.4 is 0 Å². The maximum atomic E-state index is 9.67. The molecule has 54 heavy (non-hydrogen) atoms. The van der Waals surface area contributed by atoms with Crippen LogP contribution in [0.2, 0.25) is 0 Å². The van der Waals surface area contributed by atoms with Crippen LogP contribution in [0.25, 0.3) is 105 Å². The van der Waals surface area contributed by atoms with Crippen molar-refractivity contribution in [1.82, 2.24) is 19.5 Å². The number of fused-ring (bicyclic) bond motifs is 7. The van der Waals surface area contributed by atoms with Crippen molar-refractivity contribution in [2.75, 3.05) is 0 Å². The highest BCUT2D eigenvalue weighted by molar-refractivity contribution is 6.15. The van der Waals surface area contributed by atoms with Gasteiger partial charge in [0.25, 0.3) is 0 Å². The molecule has 11 aromatic rings. The average molecular weight is 701 g/mol. The standard InChI is InChI=1S/C49H30N4O/c1-3-13-31(14-4-1)32-23-25-34(26-24-32)48-50-47(33-15-5-2-6-16-33)51-49(52-48)41-29-37(30-45-46(41)39-20-10-12-22-44(39)54-45)53-42-21-11-9-19-38(42)40-27-35-17-7-8-18-36(35)28-43(40)53/h1-30H/i7D,8D,9D,11D,17D,18D,19D,21D,27D,28D. The molecule has 3 aromatic heterocycles. The van der Waals surface area contributed by atoms with Gasteiger partial charge in [-0.25, -0.2) is 15.0 Å². The number of furan rings is 1. The van der Waals surface area contributed by atoms with Crippen molar-refractivity contribution >= 4 is 54.5 Å². The van der Waals surface area contributed by atoms with E-state index >= 15 is 0 Å². The zero-order valence-electron chi connectivity index (χ0n) is 38.2. The first-order valence-corrected chi connectivity index (χ1v) is 17.3. The molecule has 5 nitrogen and oxygen atoms in total. The van der Waals surface area contributed by atoms with Gasteiger partial charge in [-0.3, -0.25) is 0 Å². The third-order valence-electron chi connectivity index (χ3n) is 9.66. The maximum Gasteiger partial charge on any atom is 0.164 e. The molecule has 0 radical (unpaired) electrons. The number of rotatable bonds is 5. The minimum atomic E-state index is -0.589. The SMILES string of the molecule is [2H]c1c([2H])c([2H])c2c([2H])c3c(c([2H])c2c1[2H])c1c([2H])c([2H])c([2H])c([2H])c1n3-c1cc(-c2nc(-c3ccccc3)nc(-c3ccc(-c4ccccc4)cc3)n2)c2c(c1)oc1ccccc12. The van der Waals surface area contributed by atoms with E-state index in [0.717, 1.165) is 27.6 Å². The van der Waals surface area contributed by atoms with Gasteiger partial charge in [0, 0.05) is 44.3 Å². The van der Waals surface area contributed by atoms with Crippen molar-refractivity contribution in [2.24, 2.45) is 0 Å².